The molecule has 2 unspecified atom stereocenters. The molecule has 0 radical (unpaired) electrons. The van der Waals surface area contributed by atoms with Crippen molar-refractivity contribution in [3.05, 3.63) is 101 Å². The molecule has 2 heterocycles. The van der Waals surface area contributed by atoms with Crippen LogP contribution in [0.15, 0.2) is 90.0 Å². The predicted molar refractivity (Wildman–Crippen MR) is 155 cm³/mol. The number of hydrogen-bond acceptors (Lipinski definition) is 7. The standard InChI is InChI=1S/C33H38N4O3/c1-4-32(2,18-23-11-14-26(15-12-23)40-30-16-13-24(19-34)20-35-30)36-21-25(38)22-39-28-9-7-8-27-31(28)33(3)17-6-5-10-29(33)37-27/h5-6,9-17,20,25,29,36-38H,4,7-8,18,21-22H2,1-3H3/t25-,29?,32-,33?/m0/s1. The van der Waals surface area contributed by atoms with Crippen LogP contribution >= 0.6 is 0 Å². The molecule has 40 heavy (non-hydrogen) atoms. The number of rotatable bonds is 11. The van der Waals surface area contributed by atoms with E-state index >= 15 is 0 Å². The molecular weight excluding hydrogens is 500 g/mol. The lowest BCUT2D eigenvalue weighted by atomic mass is 9.73. The van der Waals surface area contributed by atoms with E-state index in [0.717, 1.165) is 31.4 Å². The Morgan fingerprint density at radius 2 is 2.08 bits per heavy atom. The van der Waals surface area contributed by atoms with Gasteiger partial charge >= 0.3 is 0 Å². The normalized spacial score (nSPS) is 23.3. The maximum Gasteiger partial charge on any atom is 0.219 e. The number of nitrogens with zero attached hydrogens (tertiary/aromatic N) is 2. The summed E-state index contributed by atoms with van der Waals surface area (Å²) in [5.74, 6) is 2.03. The smallest absolute Gasteiger partial charge is 0.219 e. The van der Waals surface area contributed by atoms with Crippen LogP contribution in [0, 0.1) is 16.7 Å². The summed E-state index contributed by atoms with van der Waals surface area (Å²) in [7, 11) is 0. The van der Waals surface area contributed by atoms with Crippen molar-refractivity contribution >= 4 is 0 Å². The van der Waals surface area contributed by atoms with E-state index in [1.54, 1.807) is 12.1 Å². The Kier molecular flexibility index (Phi) is 8.11. The third-order valence-electron chi connectivity index (χ3n) is 8.23. The molecule has 208 valence electrons. The van der Waals surface area contributed by atoms with Crippen molar-refractivity contribution in [3.63, 3.8) is 0 Å². The van der Waals surface area contributed by atoms with Crippen molar-refractivity contribution in [3.8, 4) is 17.7 Å². The van der Waals surface area contributed by atoms with Crippen molar-refractivity contribution in [2.24, 2.45) is 5.41 Å². The lowest BCUT2D eigenvalue weighted by Gasteiger charge is -2.33. The molecule has 0 saturated heterocycles. The fourth-order valence-corrected chi connectivity index (χ4v) is 5.62. The highest BCUT2D eigenvalue weighted by Gasteiger charge is 2.45. The molecule has 3 aliphatic rings. The molecule has 1 aliphatic heterocycles. The molecule has 0 bridgehead atoms. The van der Waals surface area contributed by atoms with Crippen LogP contribution in [0.4, 0.5) is 0 Å². The second-order valence-electron chi connectivity index (χ2n) is 11.3. The van der Waals surface area contributed by atoms with Gasteiger partial charge in [0.1, 0.15) is 30.3 Å². The van der Waals surface area contributed by atoms with Crippen LogP contribution in [0.1, 0.15) is 51.2 Å². The zero-order chi connectivity index (χ0) is 28.2. The van der Waals surface area contributed by atoms with Crippen LogP contribution in [-0.2, 0) is 11.2 Å². The number of aromatic nitrogens is 1. The summed E-state index contributed by atoms with van der Waals surface area (Å²) < 4.78 is 12.1. The maximum atomic E-state index is 10.8. The predicted octanol–water partition coefficient (Wildman–Crippen LogP) is 5.46. The maximum absolute atomic E-state index is 10.8. The van der Waals surface area contributed by atoms with Crippen molar-refractivity contribution in [2.75, 3.05) is 13.2 Å². The van der Waals surface area contributed by atoms with Gasteiger partial charge in [-0.05, 0) is 69.4 Å². The van der Waals surface area contributed by atoms with Gasteiger partial charge in [0.2, 0.25) is 5.88 Å². The van der Waals surface area contributed by atoms with Crippen molar-refractivity contribution in [2.45, 2.75) is 64.1 Å². The summed E-state index contributed by atoms with van der Waals surface area (Å²) in [6.07, 6.45) is 15.3. The first-order valence-corrected chi connectivity index (χ1v) is 14.1. The van der Waals surface area contributed by atoms with Gasteiger partial charge in [-0.25, -0.2) is 4.98 Å². The molecule has 3 N–H and O–H groups in total. The van der Waals surface area contributed by atoms with Crippen molar-refractivity contribution < 1.29 is 14.6 Å². The number of pyridine rings is 1. The molecule has 4 atom stereocenters. The van der Waals surface area contributed by atoms with Crippen LogP contribution in [0.3, 0.4) is 0 Å². The van der Waals surface area contributed by atoms with E-state index in [1.165, 1.54) is 23.0 Å². The van der Waals surface area contributed by atoms with Gasteiger partial charge in [0.15, 0.2) is 0 Å². The summed E-state index contributed by atoms with van der Waals surface area (Å²) >= 11 is 0. The van der Waals surface area contributed by atoms with Crippen LogP contribution < -0.4 is 15.4 Å². The molecule has 0 fully saturated rings. The fourth-order valence-electron chi connectivity index (χ4n) is 5.62. The van der Waals surface area contributed by atoms with E-state index in [2.05, 4.69) is 72.8 Å². The molecule has 0 spiro atoms. The Labute approximate surface area is 236 Å². The highest BCUT2D eigenvalue weighted by Crippen LogP contribution is 2.48. The van der Waals surface area contributed by atoms with Gasteiger partial charge in [-0.2, -0.15) is 5.26 Å². The first-order chi connectivity index (χ1) is 19.3. The quantitative estimate of drug-likeness (QED) is 0.349. The average Bonchev–Trinajstić information content (AvgIpc) is 3.29. The molecule has 0 saturated carbocycles. The Bertz CT molecular complexity index is 1370. The first kappa shape index (κ1) is 27.7. The summed E-state index contributed by atoms with van der Waals surface area (Å²) in [5, 5.41) is 27.0. The minimum atomic E-state index is -0.631. The van der Waals surface area contributed by atoms with Gasteiger partial charge in [0, 0.05) is 41.0 Å². The molecule has 1 aromatic heterocycles. The lowest BCUT2D eigenvalue weighted by molar-refractivity contribution is 0.0650. The minimum absolute atomic E-state index is 0.126. The SMILES string of the molecule is CC[C@@](C)(Cc1ccc(Oc2ccc(C#N)cn2)cc1)NC[C@H](O)COC1=CCCC2=C1C1(C)C=CC=CC1N2. The number of aliphatic hydroxyl groups excluding tert-OH is 1. The third kappa shape index (κ3) is 5.99. The molecule has 7 nitrogen and oxygen atoms in total. The third-order valence-corrected chi connectivity index (χ3v) is 8.23. The lowest BCUT2D eigenvalue weighted by Crippen LogP contribution is -2.47. The number of aliphatic hydroxyl groups is 1. The number of fused-ring (bicyclic) bond motifs is 2. The molecule has 0 amide bonds. The highest BCUT2D eigenvalue weighted by molar-refractivity contribution is 5.50. The average molecular weight is 539 g/mol. The van der Waals surface area contributed by atoms with Crippen LogP contribution in [0.5, 0.6) is 11.6 Å². The Hall–Kier alpha value is -3.86. The number of benzene rings is 1. The van der Waals surface area contributed by atoms with Gasteiger partial charge in [-0.1, -0.05) is 43.4 Å². The largest absolute Gasteiger partial charge is 0.491 e. The van der Waals surface area contributed by atoms with Gasteiger partial charge in [0.25, 0.3) is 0 Å². The first-order valence-electron chi connectivity index (χ1n) is 14.1. The summed E-state index contributed by atoms with van der Waals surface area (Å²) in [6.45, 7) is 7.27. The van der Waals surface area contributed by atoms with E-state index in [0.29, 0.717) is 23.7 Å². The zero-order valence-electron chi connectivity index (χ0n) is 23.5. The van der Waals surface area contributed by atoms with E-state index in [9.17, 15) is 5.11 Å². The van der Waals surface area contributed by atoms with Crippen molar-refractivity contribution in [1.29, 1.82) is 5.26 Å². The van der Waals surface area contributed by atoms with E-state index in [4.69, 9.17) is 14.7 Å². The van der Waals surface area contributed by atoms with Crippen molar-refractivity contribution in [1.82, 2.24) is 15.6 Å². The molecule has 2 aliphatic carbocycles. The van der Waals surface area contributed by atoms with Gasteiger partial charge in [-0.15, -0.1) is 0 Å². The number of ether oxygens (including phenoxy) is 2. The Balaban J connectivity index is 1.12. The zero-order valence-corrected chi connectivity index (χ0v) is 23.5. The van der Waals surface area contributed by atoms with E-state index in [-0.39, 0.29) is 23.6 Å². The molecule has 5 rings (SSSR count). The van der Waals surface area contributed by atoms with Gasteiger partial charge < -0.3 is 25.2 Å². The number of β-amino-alcohol motifs (C(OH)–C–C–N with tert-alkyl or cyclic N) is 1. The van der Waals surface area contributed by atoms with E-state index < -0.39 is 6.10 Å². The molecular formula is C33H38N4O3. The fraction of sp³-hybridized carbons (Fsp3) is 0.394. The van der Waals surface area contributed by atoms with E-state index in [1.807, 2.05) is 24.3 Å². The second-order valence-corrected chi connectivity index (χ2v) is 11.3. The number of nitrogens with one attached hydrogen (secondary N) is 2. The summed E-state index contributed by atoms with van der Waals surface area (Å²) in [4.78, 5) is 4.16. The van der Waals surface area contributed by atoms with Gasteiger partial charge in [0.05, 0.1) is 11.6 Å². The summed E-state index contributed by atoms with van der Waals surface area (Å²) in [6, 6.07) is 13.6. The second kappa shape index (κ2) is 11.7. The molecule has 7 heteroatoms. The van der Waals surface area contributed by atoms with Crippen LogP contribution in [0.2, 0.25) is 0 Å². The number of nitriles is 1. The molecule has 1 aromatic carbocycles. The highest BCUT2D eigenvalue weighted by atomic mass is 16.5. The van der Waals surface area contributed by atoms with Gasteiger partial charge in [-0.3, -0.25) is 0 Å². The monoisotopic (exact) mass is 538 g/mol. The van der Waals surface area contributed by atoms with Crippen LogP contribution in [-0.4, -0.2) is 40.9 Å². The topological polar surface area (TPSA) is 99.4 Å². The summed E-state index contributed by atoms with van der Waals surface area (Å²) in [5.41, 5.74) is 3.84. The Morgan fingerprint density at radius 1 is 1.25 bits per heavy atom. The minimum Gasteiger partial charge on any atom is -0.491 e. The number of allylic oxidation sites excluding steroid dienone is 5. The van der Waals surface area contributed by atoms with Crippen LogP contribution in [0.25, 0.3) is 0 Å². The number of hydrogen-bond donors (Lipinski definition) is 3. The molecule has 2 aromatic rings. The Morgan fingerprint density at radius 3 is 2.80 bits per heavy atom.